The number of ether oxygens (including phenoxy) is 1. The monoisotopic (exact) mass is 275 g/mol. The van der Waals surface area contributed by atoms with Gasteiger partial charge in [0.25, 0.3) is 0 Å². The van der Waals surface area contributed by atoms with Gasteiger partial charge in [0.15, 0.2) is 0 Å². The summed E-state index contributed by atoms with van der Waals surface area (Å²) in [6, 6.07) is 9.77. The molecule has 2 rings (SSSR count). The number of anilines is 1. The van der Waals surface area contributed by atoms with Gasteiger partial charge in [-0.2, -0.15) is 0 Å². The van der Waals surface area contributed by atoms with Crippen LogP contribution in [0.2, 0.25) is 0 Å². The Morgan fingerprint density at radius 2 is 1.90 bits per heavy atom. The number of aromatic carboxylic acids is 1. The van der Waals surface area contributed by atoms with Crippen molar-refractivity contribution in [3.8, 4) is 5.75 Å². The van der Waals surface area contributed by atoms with Gasteiger partial charge in [0, 0.05) is 6.07 Å². The van der Waals surface area contributed by atoms with E-state index >= 15 is 0 Å². The zero-order valence-electron chi connectivity index (χ0n) is 10.8. The van der Waals surface area contributed by atoms with E-state index in [1.165, 1.54) is 12.1 Å². The van der Waals surface area contributed by atoms with Crippen molar-refractivity contribution in [2.75, 3.05) is 12.4 Å². The van der Waals surface area contributed by atoms with E-state index in [-0.39, 0.29) is 24.0 Å². The molecule has 1 amide bonds. The summed E-state index contributed by atoms with van der Waals surface area (Å²) in [4.78, 5) is 22.4. The van der Waals surface area contributed by atoms with E-state index in [0.717, 1.165) is 5.56 Å². The number of nitrogens with one attached hydrogen (secondary N) is 1. The summed E-state index contributed by atoms with van der Waals surface area (Å²) in [7, 11) is 1.57. The van der Waals surface area contributed by atoms with Gasteiger partial charge in [0.1, 0.15) is 5.75 Å². The van der Waals surface area contributed by atoms with Crippen LogP contribution in [0.1, 0.15) is 16.1 Å². The van der Waals surface area contributed by atoms with Gasteiger partial charge in [-0.05, 0) is 23.8 Å². The summed E-state index contributed by atoms with van der Waals surface area (Å²) in [6.45, 7) is 0. The molecule has 0 spiro atoms. The zero-order valence-corrected chi connectivity index (χ0v) is 10.8. The van der Waals surface area contributed by atoms with Crippen molar-refractivity contribution in [1.82, 2.24) is 0 Å². The van der Waals surface area contributed by atoms with Gasteiger partial charge in [-0.3, -0.25) is 10.1 Å². The molecule has 0 fully saturated rings. The van der Waals surface area contributed by atoms with Crippen molar-refractivity contribution in [3.63, 3.8) is 0 Å². The molecule has 0 aliphatic heterocycles. The van der Waals surface area contributed by atoms with Crippen molar-refractivity contribution in [2.45, 2.75) is 6.42 Å². The number of hydrogen-bond donors (Lipinski definition) is 2. The number of amides is 1. The Balaban J connectivity index is 1.95. The van der Waals surface area contributed by atoms with Crippen LogP contribution < -0.4 is 10.1 Å². The fraction of sp³-hybridized carbons (Fsp3) is 0.143. The molecule has 104 valence electrons. The van der Waals surface area contributed by atoms with Gasteiger partial charge in [0.2, 0.25) is 17.6 Å². The highest BCUT2D eigenvalue weighted by molar-refractivity contribution is 5.92. The molecule has 0 saturated heterocycles. The molecule has 2 N–H and O–H groups in total. The predicted octanol–water partition coefficient (Wildman–Crippen LogP) is 2.17. The molecule has 0 saturated carbocycles. The minimum Gasteiger partial charge on any atom is -0.497 e. The molecule has 1 heterocycles. The molecule has 0 aliphatic carbocycles. The van der Waals surface area contributed by atoms with Crippen LogP contribution in [0.4, 0.5) is 5.88 Å². The van der Waals surface area contributed by atoms with Gasteiger partial charge in [-0.25, -0.2) is 4.79 Å². The molecule has 6 nitrogen and oxygen atoms in total. The minimum atomic E-state index is -1.18. The maximum atomic E-state index is 11.8. The third-order valence-corrected chi connectivity index (χ3v) is 2.60. The Bertz CT molecular complexity index is 615. The number of furan rings is 1. The van der Waals surface area contributed by atoms with Gasteiger partial charge in [0.05, 0.1) is 13.5 Å². The van der Waals surface area contributed by atoms with E-state index in [9.17, 15) is 9.59 Å². The Kier molecular flexibility index (Phi) is 4.05. The average Bonchev–Trinajstić information content (AvgIpc) is 2.88. The zero-order chi connectivity index (χ0) is 14.5. The molecule has 6 heteroatoms. The van der Waals surface area contributed by atoms with E-state index in [1.54, 1.807) is 31.4 Å². The summed E-state index contributed by atoms with van der Waals surface area (Å²) in [5.41, 5.74) is 0.813. The molecule has 1 aromatic carbocycles. The van der Waals surface area contributed by atoms with Crippen molar-refractivity contribution >= 4 is 17.8 Å². The number of hydrogen-bond acceptors (Lipinski definition) is 4. The molecule has 0 unspecified atom stereocenters. The lowest BCUT2D eigenvalue weighted by Crippen LogP contribution is -2.13. The molecule has 0 aliphatic rings. The number of methoxy groups -OCH3 is 1. The van der Waals surface area contributed by atoms with Crippen molar-refractivity contribution < 1.29 is 23.8 Å². The van der Waals surface area contributed by atoms with Crippen LogP contribution in [0, 0.1) is 0 Å². The van der Waals surface area contributed by atoms with Crippen LogP contribution in [0.25, 0.3) is 0 Å². The van der Waals surface area contributed by atoms with Crippen LogP contribution in [0.15, 0.2) is 40.8 Å². The van der Waals surface area contributed by atoms with E-state index in [4.69, 9.17) is 14.3 Å². The first-order valence-electron chi connectivity index (χ1n) is 5.84. The third-order valence-electron chi connectivity index (χ3n) is 2.60. The van der Waals surface area contributed by atoms with Crippen molar-refractivity contribution in [2.24, 2.45) is 0 Å². The summed E-state index contributed by atoms with van der Waals surface area (Å²) in [5.74, 6) is -0.862. The molecule has 0 atom stereocenters. The Labute approximate surface area is 115 Å². The topological polar surface area (TPSA) is 88.8 Å². The second kappa shape index (κ2) is 5.92. The van der Waals surface area contributed by atoms with Gasteiger partial charge < -0.3 is 14.3 Å². The highest BCUT2D eigenvalue weighted by atomic mass is 16.5. The Hall–Kier alpha value is -2.76. The van der Waals surface area contributed by atoms with Crippen molar-refractivity contribution in [3.05, 3.63) is 47.7 Å². The lowest BCUT2D eigenvalue weighted by molar-refractivity contribution is -0.115. The van der Waals surface area contributed by atoms with Gasteiger partial charge in [-0.15, -0.1) is 0 Å². The van der Waals surface area contributed by atoms with Gasteiger partial charge >= 0.3 is 5.97 Å². The largest absolute Gasteiger partial charge is 0.497 e. The standard InChI is InChI=1S/C14H13NO5/c1-19-10-4-2-9(3-5-10)8-12(16)15-13-7-6-11(20-13)14(17)18/h2-7H,8H2,1H3,(H,15,16)(H,17,18). The molecule has 20 heavy (non-hydrogen) atoms. The van der Waals surface area contributed by atoms with E-state index < -0.39 is 5.97 Å². The summed E-state index contributed by atoms with van der Waals surface area (Å²) in [6.07, 6.45) is 0.160. The predicted molar refractivity (Wildman–Crippen MR) is 71.0 cm³/mol. The molecule has 0 bridgehead atoms. The second-order valence-corrected chi connectivity index (χ2v) is 4.04. The maximum absolute atomic E-state index is 11.8. The number of carbonyl (C=O) groups excluding carboxylic acids is 1. The highest BCUT2D eigenvalue weighted by Gasteiger charge is 2.11. The fourth-order valence-electron chi connectivity index (χ4n) is 1.63. The molecular weight excluding hydrogens is 262 g/mol. The smallest absolute Gasteiger partial charge is 0.371 e. The third kappa shape index (κ3) is 3.38. The van der Waals surface area contributed by atoms with Crippen LogP contribution in [0.3, 0.4) is 0 Å². The van der Waals surface area contributed by atoms with Gasteiger partial charge in [-0.1, -0.05) is 12.1 Å². The van der Waals surface area contributed by atoms with E-state index in [0.29, 0.717) is 5.75 Å². The summed E-state index contributed by atoms with van der Waals surface area (Å²) < 4.78 is 9.96. The highest BCUT2D eigenvalue weighted by Crippen LogP contribution is 2.15. The molecule has 0 radical (unpaired) electrons. The number of carboxylic acids is 1. The molecule has 2 aromatic rings. The van der Waals surface area contributed by atoms with E-state index in [2.05, 4.69) is 5.32 Å². The number of benzene rings is 1. The minimum absolute atomic E-state index is 0.112. The normalized spacial score (nSPS) is 10.1. The summed E-state index contributed by atoms with van der Waals surface area (Å²) in [5, 5.41) is 11.2. The molecule has 1 aromatic heterocycles. The summed E-state index contributed by atoms with van der Waals surface area (Å²) >= 11 is 0. The average molecular weight is 275 g/mol. The van der Waals surface area contributed by atoms with Crippen LogP contribution in [-0.2, 0) is 11.2 Å². The number of carboxylic acid groups (broad SMARTS) is 1. The first-order chi connectivity index (χ1) is 9.58. The van der Waals surface area contributed by atoms with Crippen molar-refractivity contribution in [1.29, 1.82) is 0 Å². The second-order valence-electron chi connectivity index (χ2n) is 4.04. The quantitative estimate of drug-likeness (QED) is 0.873. The Morgan fingerprint density at radius 3 is 2.45 bits per heavy atom. The first-order valence-corrected chi connectivity index (χ1v) is 5.84. The van der Waals surface area contributed by atoms with Crippen LogP contribution in [-0.4, -0.2) is 24.1 Å². The number of rotatable bonds is 5. The fourth-order valence-corrected chi connectivity index (χ4v) is 1.63. The van der Waals surface area contributed by atoms with Crippen LogP contribution in [0.5, 0.6) is 5.75 Å². The maximum Gasteiger partial charge on any atom is 0.371 e. The Morgan fingerprint density at radius 1 is 1.20 bits per heavy atom. The SMILES string of the molecule is COc1ccc(CC(=O)Nc2ccc(C(=O)O)o2)cc1. The first kappa shape index (κ1) is 13.7. The van der Waals surface area contributed by atoms with E-state index in [1.807, 2.05) is 0 Å². The lowest BCUT2D eigenvalue weighted by Gasteiger charge is -2.03. The molecular formula is C14H13NO5. The lowest BCUT2D eigenvalue weighted by atomic mass is 10.1. The number of carbonyl (C=O) groups is 2. The van der Waals surface area contributed by atoms with Crippen LogP contribution >= 0.6 is 0 Å².